The van der Waals surface area contributed by atoms with E-state index < -0.39 is 0 Å². The quantitative estimate of drug-likeness (QED) is 0.363. The molecule has 5 aromatic rings. The van der Waals surface area contributed by atoms with E-state index in [-0.39, 0.29) is 5.91 Å². The summed E-state index contributed by atoms with van der Waals surface area (Å²) in [6.07, 6.45) is 3.28. The second kappa shape index (κ2) is 8.93. The first-order valence-electron chi connectivity index (χ1n) is 10.7. The van der Waals surface area contributed by atoms with Gasteiger partial charge in [-0.3, -0.25) is 9.78 Å². The van der Waals surface area contributed by atoms with Crippen LogP contribution >= 0.6 is 0 Å². The van der Waals surface area contributed by atoms with Gasteiger partial charge in [-0.05, 0) is 47.9 Å². The van der Waals surface area contributed by atoms with Crippen molar-refractivity contribution in [3.63, 3.8) is 0 Å². The molecule has 1 amide bonds. The average molecular weight is 431 g/mol. The molecule has 160 valence electrons. The van der Waals surface area contributed by atoms with Crippen LogP contribution in [0.2, 0.25) is 0 Å². The molecule has 33 heavy (non-hydrogen) atoms. The van der Waals surface area contributed by atoms with E-state index in [1.54, 1.807) is 24.5 Å². The third-order valence-corrected chi connectivity index (χ3v) is 5.49. The van der Waals surface area contributed by atoms with Crippen molar-refractivity contribution in [1.29, 1.82) is 0 Å². The van der Waals surface area contributed by atoms with Crippen LogP contribution in [-0.4, -0.2) is 20.7 Å². The van der Waals surface area contributed by atoms with Gasteiger partial charge in [-0.1, -0.05) is 72.8 Å². The minimum atomic E-state index is -0.280. The Morgan fingerprint density at radius 1 is 0.788 bits per heavy atom. The topological polar surface area (TPSA) is 59.8 Å². The van der Waals surface area contributed by atoms with Crippen molar-refractivity contribution < 1.29 is 4.79 Å². The molecule has 0 spiro atoms. The van der Waals surface area contributed by atoms with Crippen molar-refractivity contribution in [3.05, 3.63) is 121 Å². The van der Waals surface area contributed by atoms with E-state index in [1.165, 1.54) is 0 Å². The number of carbonyl (C=O) groups is 1. The molecule has 5 rings (SSSR count). The lowest BCUT2D eigenvalue weighted by Crippen LogP contribution is -2.13. The molecule has 0 unspecified atom stereocenters. The number of anilines is 1. The molecule has 5 heteroatoms. The fraction of sp³-hybridized carbons (Fsp3) is 0.0357. The molecule has 0 saturated heterocycles. The lowest BCUT2D eigenvalue weighted by molar-refractivity contribution is 0.102. The lowest BCUT2D eigenvalue weighted by atomic mass is 10.0. The van der Waals surface area contributed by atoms with Gasteiger partial charge in [0, 0.05) is 11.8 Å². The number of hydrogen-bond donors (Lipinski definition) is 1. The standard InChI is InChI=1S/C28H22N4O/c1-20-8-5-6-12-26(20)32-27(18-25(31-32)28(33)30-24-11-7-17-29-19-24)23-15-13-22(14-16-23)21-9-3-2-4-10-21/h2-19H,1H3,(H,30,33). The summed E-state index contributed by atoms with van der Waals surface area (Å²) in [5.41, 5.74) is 7.09. The number of carbonyl (C=O) groups excluding carboxylic acids is 1. The Morgan fingerprint density at radius 2 is 1.48 bits per heavy atom. The number of para-hydroxylation sites is 1. The maximum Gasteiger partial charge on any atom is 0.276 e. The van der Waals surface area contributed by atoms with Crippen LogP contribution in [0.3, 0.4) is 0 Å². The van der Waals surface area contributed by atoms with Gasteiger partial charge in [-0.25, -0.2) is 4.68 Å². The Kier molecular flexibility index (Phi) is 5.52. The van der Waals surface area contributed by atoms with E-state index in [9.17, 15) is 4.79 Å². The van der Waals surface area contributed by atoms with Crippen molar-refractivity contribution in [2.24, 2.45) is 0 Å². The molecule has 0 bridgehead atoms. The van der Waals surface area contributed by atoms with Crippen molar-refractivity contribution >= 4 is 11.6 Å². The van der Waals surface area contributed by atoms with Crippen LogP contribution in [0.1, 0.15) is 16.1 Å². The summed E-state index contributed by atoms with van der Waals surface area (Å²) in [5, 5.41) is 7.55. The van der Waals surface area contributed by atoms with Crippen molar-refractivity contribution in [2.75, 3.05) is 5.32 Å². The third-order valence-electron chi connectivity index (χ3n) is 5.49. The van der Waals surface area contributed by atoms with Gasteiger partial charge in [-0.15, -0.1) is 0 Å². The first kappa shape index (κ1) is 20.4. The number of nitrogens with zero attached hydrogens (tertiary/aromatic N) is 3. The van der Waals surface area contributed by atoms with E-state index in [0.29, 0.717) is 11.4 Å². The molecule has 0 aliphatic rings. The van der Waals surface area contributed by atoms with Gasteiger partial charge >= 0.3 is 0 Å². The molecule has 2 aromatic heterocycles. The van der Waals surface area contributed by atoms with Gasteiger partial charge in [0.15, 0.2) is 5.69 Å². The number of rotatable bonds is 5. The Bertz CT molecular complexity index is 1390. The summed E-state index contributed by atoms with van der Waals surface area (Å²) in [6, 6.07) is 32.0. The zero-order valence-corrected chi connectivity index (χ0v) is 18.1. The first-order valence-corrected chi connectivity index (χ1v) is 10.7. The zero-order chi connectivity index (χ0) is 22.6. The monoisotopic (exact) mass is 430 g/mol. The molecule has 3 aromatic carbocycles. The molecule has 0 saturated carbocycles. The summed E-state index contributed by atoms with van der Waals surface area (Å²) in [6.45, 7) is 2.04. The fourth-order valence-corrected chi connectivity index (χ4v) is 3.78. The lowest BCUT2D eigenvalue weighted by Gasteiger charge is -2.11. The van der Waals surface area contributed by atoms with E-state index in [4.69, 9.17) is 0 Å². The van der Waals surface area contributed by atoms with Crippen molar-refractivity contribution in [1.82, 2.24) is 14.8 Å². The van der Waals surface area contributed by atoms with Crippen LogP contribution in [0.15, 0.2) is 109 Å². The fourth-order valence-electron chi connectivity index (χ4n) is 3.78. The number of amides is 1. The molecular weight excluding hydrogens is 408 g/mol. The van der Waals surface area contributed by atoms with E-state index >= 15 is 0 Å². The third kappa shape index (κ3) is 4.29. The SMILES string of the molecule is Cc1ccccc1-n1nc(C(=O)Nc2cccnc2)cc1-c1ccc(-c2ccccc2)cc1. The predicted octanol–water partition coefficient (Wildman–Crippen LogP) is 6.16. The molecule has 5 nitrogen and oxygen atoms in total. The second-order valence-corrected chi connectivity index (χ2v) is 7.75. The molecule has 0 aliphatic carbocycles. The molecule has 0 radical (unpaired) electrons. The van der Waals surface area contributed by atoms with Crippen LogP contribution in [0.5, 0.6) is 0 Å². The molecular formula is C28H22N4O. The minimum Gasteiger partial charge on any atom is -0.319 e. The Hall–Kier alpha value is -4.51. The van der Waals surface area contributed by atoms with Gasteiger partial charge in [0.1, 0.15) is 0 Å². The van der Waals surface area contributed by atoms with Crippen molar-refractivity contribution in [3.8, 4) is 28.1 Å². The predicted molar refractivity (Wildman–Crippen MR) is 131 cm³/mol. The van der Waals surface area contributed by atoms with Gasteiger partial charge in [0.2, 0.25) is 0 Å². The summed E-state index contributed by atoms with van der Waals surface area (Å²) in [5.74, 6) is -0.280. The molecule has 2 heterocycles. The first-order chi connectivity index (χ1) is 16.2. The summed E-state index contributed by atoms with van der Waals surface area (Å²) < 4.78 is 1.84. The van der Waals surface area contributed by atoms with Gasteiger partial charge in [0.05, 0.1) is 23.3 Å². The van der Waals surface area contributed by atoms with Crippen LogP contribution in [-0.2, 0) is 0 Å². The van der Waals surface area contributed by atoms with Gasteiger partial charge in [-0.2, -0.15) is 5.10 Å². The van der Waals surface area contributed by atoms with Gasteiger partial charge in [0.25, 0.3) is 5.91 Å². The largest absolute Gasteiger partial charge is 0.319 e. The highest BCUT2D eigenvalue weighted by Crippen LogP contribution is 2.28. The minimum absolute atomic E-state index is 0.280. The zero-order valence-electron chi connectivity index (χ0n) is 18.1. The van der Waals surface area contributed by atoms with Gasteiger partial charge < -0.3 is 5.32 Å². The molecule has 0 atom stereocenters. The van der Waals surface area contributed by atoms with E-state index in [1.807, 2.05) is 60.1 Å². The van der Waals surface area contributed by atoms with Crippen LogP contribution in [0.4, 0.5) is 5.69 Å². The Morgan fingerprint density at radius 3 is 2.21 bits per heavy atom. The average Bonchev–Trinajstić information content (AvgIpc) is 3.31. The number of aromatic nitrogens is 3. The Balaban J connectivity index is 1.55. The number of pyridine rings is 1. The molecule has 1 N–H and O–H groups in total. The number of aryl methyl sites for hydroxylation is 1. The normalized spacial score (nSPS) is 10.7. The van der Waals surface area contributed by atoms with Crippen LogP contribution in [0, 0.1) is 6.92 Å². The maximum atomic E-state index is 13.0. The van der Waals surface area contributed by atoms with E-state index in [2.05, 4.69) is 51.8 Å². The number of nitrogens with one attached hydrogen (secondary N) is 1. The van der Waals surface area contributed by atoms with E-state index in [0.717, 1.165) is 33.6 Å². The number of hydrogen-bond acceptors (Lipinski definition) is 3. The molecule has 0 fully saturated rings. The highest BCUT2D eigenvalue weighted by atomic mass is 16.2. The second-order valence-electron chi connectivity index (χ2n) is 7.75. The maximum absolute atomic E-state index is 13.0. The number of benzene rings is 3. The smallest absolute Gasteiger partial charge is 0.276 e. The summed E-state index contributed by atoms with van der Waals surface area (Å²) in [7, 11) is 0. The van der Waals surface area contributed by atoms with Crippen LogP contribution in [0.25, 0.3) is 28.1 Å². The summed E-state index contributed by atoms with van der Waals surface area (Å²) >= 11 is 0. The van der Waals surface area contributed by atoms with Crippen LogP contribution < -0.4 is 5.32 Å². The highest BCUT2D eigenvalue weighted by molar-refractivity contribution is 6.03. The summed E-state index contributed by atoms with van der Waals surface area (Å²) in [4.78, 5) is 17.0. The highest BCUT2D eigenvalue weighted by Gasteiger charge is 2.18. The molecule has 0 aliphatic heterocycles. The Labute approximate surface area is 192 Å². The van der Waals surface area contributed by atoms with Crippen molar-refractivity contribution in [2.45, 2.75) is 6.92 Å².